The number of carbonyl (C=O) groups excluding carboxylic acids is 1. The van der Waals surface area contributed by atoms with Crippen LogP contribution in [0.15, 0.2) is 60.8 Å². The molecular weight excluding hydrogens is 408 g/mol. The largest absolute Gasteiger partial charge is 0.439 e. The summed E-state index contributed by atoms with van der Waals surface area (Å²) < 4.78 is 5.83. The average molecular weight is 432 g/mol. The van der Waals surface area contributed by atoms with E-state index in [1.54, 1.807) is 30.5 Å². The Kier molecular flexibility index (Phi) is 6.16. The second-order valence-electron chi connectivity index (χ2n) is 7.62. The Balaban J connectivity index is 1.34. The highest BCUT2D eigenvalue weighted by atomic mass is 16.5. The van der Waals surface area contributed by atoms with Gasteiger partial charge in [0.05, 0.1) is 11.0 Å². The van der Waals surface area contributed by atoms with E-state index < -0.39 is 18.1 Å². The summed E-state index contributed by atoms with van der Waals surface area (Å²) in [5.41, 5.74) is 4.17. The molecule has 8 heteroatoms. The molecule has 4 N–H and O–H groups in total. The number of amides is 1. The number of nitrogens with zero attached hydrogens (tertiary/aromatic N) is 2. The number of aliphatic hydroxyl groups excluding tert-OH is 2. The lowest BCUT2D eigenvalue weighted by molar-refractivity contribution is -0.135. The molecule has 1 amide bonds. The number of aryl methyl sites for hydroxylation is 2. The van der Waals surface area contributed by atoms with Crippen molar-refractivity contribution in [3.05, 3.63) is 83.3 Å². The van der Waals surface area contributed by atoms with Crippen molar-refractivity contribution in [1.29, 1.82) is 0 Å². The summed E-state index contributed by atoms with van der Waals surface area (Å²) in [4.78, 5) is 23.7. The summed E-state index contributed by atoms with van der Waals surface area (Å²) in [6.45, 7) is 4.09. The van der Waals surface area contributed by atoms with Crippen LogP contribution < -0.4 is 10.1 Å². The van der Waals surface area contributed by atoms with Gasteiger partial charge in [-0.05, 0) is 48.7 Å². The molecule has 0 fully saturated rings. The Bertz CT molecular complexity index is 1200. The minimum absolute atomic E-state index is 0.128. The van der Waals surface area contributed by atoms with Gasteiger partial charge in [0.1, 0.15) is 17.7 Å². The van der Waals surface area contributed by atoms with Crippen LogP contribution in [0.5, 0.6) is 11.6 Å². The number of nitrogens with one attached hydrogen (secondary N) is 2. The van der Waals surface area contributed by atoms with E-state index in [4.69, 9.17) is 4.74 Å². The van der Waals surface area contributed by atoms with Crippen LogP contribution in [0, 0.1) is 13.8 Å². The lowest BCUT2D eigenvalue weighted by Crippen LogP contribution is -2.38. The normalized spacial score (nSPS) is 13.0. The number of hydrogen-bond donors (Lipinski definition) is 4. The first-order valence-corrected chi connectivity index (χ1v) is 10.2. The number of hydrogen-bond acceptors (Lipinski definition) is 6. The number of fused-ring (bicyclic) bond motifs is 1. The second-order valence-corrected chi connectivity index (χ2v) is 7.62. The molecule has 2 atom stereocenters. The molecule has 2 heterocycles. The van der Waals surface area contributed by atoms with Crippen LogP contribution in [0.25, 0.3) is 11.0 Å². The first kappa shape index (κ1) is 21.5. The second kappa shape index (κ2) is 9.17. The van der Waals surface area contributed by atoms with Crippen LogP contribution in [0.3, 0.4) is 0 Å². The number of carbonyl (C=O) groups is 1. The van der Waals surface area contributed by atoms with E-state index in [-0.39, 0.29) is 12.4 Å². The van der Waals surface area contributed by atoms with Crippen LogP contribution in [-0.2, 0) is 11.3 Å². The molecule has 8 nitrogen and oxygen atoms in total. The number of aliphatic hydroxyl groups is 2. The smallest absolute Gasteiger partial charge is 0.252 e. The van der Waals surface area contributed by atoms with Gasteiger partial charge in [-0.25, -0.2) is 9.97 Å². The van der Waals surface area contributed by atoms with Crippen molar-refractivity contribution in [3.63, 3.8) is 0 Å². The molecule has 2 aromatic heterocycles. The molecule has 4 rings (SSSR count). The first-order chi connectivity index (χ1) is 15.4. The van der Waals surface area contributed by atoms with Crippen LogP contribution in [-0.4, -0.2) is 37.2 Å². The van der Waals surface area contributed by atoms with Gasteiger partial charge in [-0.3, -0.25) is 4.79 Å². The minimum Gasteiger partial charge on any atom is -0.439 e. The summed E-state index contributed by atoms with van der Waals surface area (Å²) in [6.07, 6.45) is -1.56. The van der Waals surface area contributed by atoms with E-state index in [9.17, 15) is 15.0 Å². The van der Waals surface area contributed by atoms with Crippen LogP contribution >= 0.6 is 0 Å². The van der Waals surface area contributed by atoms with Gasteiger partial charge in [0.15, 0.2) is 6.10 Å². The zero-order valence-electron chi connectivity index (χ0n) is 17.7. The Morgan fingerprint density at radius 2 is 1.94 bits per heavy atom. The number of para-hydroxylation sites is 2. The summed E-state index contributed by atoms with van der Waals surface area (Å²) in [5.74, 6) is 0.590. The fourth-order valence-electron chi connectivity index (χ4n) is 3.21. The molecule has 0 radical (unpaired) electrons. The fraction of sp³-hybridized carbons (Fsp3) is 0.208. The number of rotatable bonds is 7. The Morgan fingerprint density at radius 1 is 1.12 bits per heavy atom. The number of pyridine rings is 1. The van der Waals surface area contributed by atoms with E-state index in [2.05, 4.69) is 20.3 Å². The molecule has 4 aromatic rings. The van der Waals surface area contributed by atoms with Crippen molar-refractivity contribution in [2.24, 2.45) is 0 Å². The molecule has 0 aliphatic heterocycles. The zero-order valence-corrected chi connectivity index (χ0v) is 17.7. The van der Waals surface area contributed by atoms with Crippen molar-refractivity contribution in [1.82, 2.24) is 20.3 Å². The minimum atomic E-state index is -1.67. The van der Waals surface area contributed by atoms with Gasteiger partial charge in [-0.1, -0.05) is 30.3 Å². The topological polar surface area (TPSA) is 120 Å². The molecular formula is C24H24N4O4. The third-order valence-corrected chi connectivity index (χ3v) is 5.08. The van der Waals surface area contributed by atoms with E-state index in [0.29, 0.717) is 16.9 Å². The fourth-order valence-corrected chi connectivity index (χ4v) is 3.21. The number of H-pyrrole nitrogens is 1. The van der Waals surface area contributed by atoms with E-state index >= 15 is 0 Å². The van der Waals surface area contributed by atoms with Gasteiger partial charge in [0.2, 0.25) is 5.88 Å². The van der Waals surface area contributed by atoms with E-state index in [1.807, 2.05) is 44.2 Å². The zero-order chi connectivity index (χ0) is 22.7. The highest BCUT2D eigenvalue weighted by molar-refractivity contribution is 5.81. The lowest BCUT2D eigenvalue weighted by Gasteiger charge is -2.15. The predicted molar refractivity (Wildman–Crippen MR) is 119 cm³/mol. The summed E-state index contributed by atoms with van der Waals surface area (Å²) in [5, 5.41) is 23.2. The number of ether oxygens (including phenoxy) is 1. The lowest BCUT2D eigenvalue weighted by atomic mass is 10.1. The van der Waals surface area contributed by atoms with Gasteiger partial charge in [0.25, 0.3) is 5.91 Å². The highest BCUT2D eigenvalue weighted by Crippen LogP contribution is 2.25. The third kappa shape index (κ3) is 4.77. The maximum atomic E-state index is 12.3. The molecule has 0 saturated heterocycles. The van der Waals surface area contributed by atoms with Crippen molar-refractivity contribution in [3.8, 4) is 11.6 Å². The van der Waals surface area contributed by atoms with Gasteiger partial charge >= 0.3 is 0 Å². The molecule has 2 unspecified atom stereocenters. The summed E-state index contributed by atoms with van der Waals surface area (Å²) in [6, 6.07) is 16.6. The SMILES string of the molecule is Cc1ccc(C)c(Oc2ccc(CNC(=O)C(O)C(O)c3nc4ccccc4[nH]3)cn2)c1. The average Bonchev–Trinajstić information content (AvgIpc) is 3.24. The molecule has 0 saturated carbocycles. The predicted octanol–water partition coefficient (Wildman–Crippen LogP) is 3.08. The van der Waals surface area contributed by atoms with E-state index in [0.717, 1.165) is 22.4 Å². The number of aromatic amines is 1. The van der Waals surface area contributed by atoms with Crippen molar-refractivity contribution >= 4 is 16.9 Å². The third-order valence-electron chi connectivity index (χ3n) is 5.08. The molecule has 0 spiro atoms. The van der Waals surface area contributed by atoms with Crippen LogP contribution in [0.4, 0.5) is 0 Å². The number of aromatic nitrogens is 3. The number of imidazole rings is 1. The van der Waals surface area contributed by atoms with Gasteiger partial charge < -0.3 is 25.3 Å². The Labute approximate surface area is 184 Å². The molecule has 0 aliphatic carbocycles. The van der Waals surface area contributed by atoms with Gasteiger partial charge in [-0.15, -0.1) is 0 Å². The van der Waals surface area contributed by atoms with Crippen molar-refractivity contribution in [2.75, 3.05) is 0 Å². The monoisotopic (exact) mass is 432 g/mol. The highest BCUT2D eigenvalue weighted by Gasteiger charge is 2.28. The molecule has 0 aliphatic rings. The van der Waals surface area contributed by atoms with Crippen LogP contribution in [0.1, 0.15) is 28.6 Å². The molecule has 164 valence electrons. The Morgan fingerprint density at radius 3 is 2.69 bits per heavy atom. The van der Waals surface area contributed by atoms with E-state index in [1.165, 1.54) is 0 Å². The quantitative estimate of drug-likeness (QED) is 0.356. The van der Waals surface area contributed by atoms with Gasteiger partial charge in [0, 0.05) is 18.8 Å². The maximum absolute atomic E-state index is 12.3. The summed E-state index contributed by atoms with van der Waals surface area (Å²) >= 11 is 0. The summed E-state index contributed by atoms with van der Waals surface area (Å²) in [7, 11) is 0. The Hall–Kier alpha value is -3.75. The van der Waals surface area contributed by atoms with Gasteiger partial charge in [-0.2, -0.15) is 0 Å². The van der Waals surface area contributed by atoms with Crippen molar-refractivity contribution < 1.29 is 19.7 Å². The molecule has 2 aromatic carbocycles. The first-order valence-electron chi connectivity index (χ1n) is 10.2. The molecule has 32 heavy (non-hydrogen) atoms. The maximum Gasteiger partial charge on any atom is 0.252 e. The number of benzene rings is 2. The molecule has 0 bridgehead atoms. The standard InChI is InChI=1S/C24H24N4O4/c1-14-7-8-15(2)19(11-14)32-20-10-9-16(12-25-20)13-26-24(31)22(30)21(29)23-27-17-5-3-4-6-18(17)28-23/h3-12,21-22,29-30H,13H2,1-2H3,(H,26,31)(H,27,28). The van der Waals surface area contributed by atoms with Crippen molar-refractivity contribution in [2.45, 2.75) is 32.6 Å². The van der Waals surface area contributed by atoms with Crippen LogP contribution in [0.2, 0.25) is 0 Å².